The van der Waals surface area contributed by atoms with Crippen LogP contribution in [0.25, 0.3) is 0 Å². The summed E-state index contributed by atoms with van der Waals surface area (Å²) in [7, 11) is 0. The molecule has 2 N–H and O–H groups in total. The number of amides is 2. The van der Waals surface area contributed by atoms with Crippen LogP contribution in [0.4, 0.5) is 16.3 Å². The Morgan fingerprint density at radius 3 is 2.88 bits per heavy atom. The maximum Gasteiger partial charge on any atom is 0.319 e. The maximum absolute atomic E-state index is 12.1. The number of aromatic nitrogens is 2. The molecule has 1 aromatic heterocycles. The van der Waals surface area contributed by atoms with Gasteiger partial charge in [-0.3, -0.25) is 0 Å². The molecule has 2 aromatic rings. The molecule has 0 unspecified atom stereocenters. The smallest absolute Gasteiger partial charge is 0.319 e. The molecule has 130 valence electrons. The third-order valence-corrected chi connectivity index (χ3v) is 4.16. The van der Waals surface area contributed by atoms with Crippen molar-refractivity contribution in [1.29, 1.82) is 0 Å². The van der Waals surface area contributed by atoms with E-state index in [2.05, 4.69) is 25.5 Å². The molecule has 1 aromatic carbocycles. The monoisotopic (exact) mass is 341 g/mol. The minimum Gasteiger partial charge on any atom is -0.454 e. The Hall–Kier alpha value is -3.03. The maximum atomic E-state index is 12.1. The summed E-state index contributed by atoms with van der Waals surface area (Å²) in [6, 6.07) is 6.83. The highest BCUT2D eigenvalue weighted by atomic mass is 16.7. The molecule has 0 atom stereocenters. The van der Waals surface area contributed by atoms with Crippen LogP contribution in [0.15, 0.2) is 30.5 Å². The topological polar surface area (TPSA) is 88.6 Å². The zero-order chi connectivity index (χ0) is 17.1. The van der Waals surface area contributed by atoms with Crippen molar-refractivity contribution in [2.75, 3.05) is 30.1 Å². The van der Waals surface area contributed by atoms with Crippen molar-refractivity contribution >= 4 is 17.5 Å². The van der Waals surface area contributed by atoms with Crippen LogP contribution in [0.1, 0.15) is 18.7 Å². The van der Waals surface area contributed by atoms with E-state index in [0.717, 1.165) is 18.9 Å². The first-order chi connectivity index (χ1) is 12.3. The van der Waals surface area contributed by atoms with Crippen molar-refractivity contribution in [1.82, 2.24) is 15.3 Å². The minimum absolute atomic E-state index is 0.204. The number of fused-ring (bicyclic) bond motifs is 1. The van der Waals surface area contributed by atoms with Gasteiger partial charge < -0.3 is 25.0 Å². The first kappa shape index (κ1) is 15.5. The Morgan fingerprint density at radius 2 is 2.00 bits per heavy atom. The summed E-state index contributed by atoms with van der Waals surface area (Å²) < 4.78 is 10.5. The highest BCUT2D eigenvalue weighted by molar-refractivity contribution is 5.89. The summed E-state index contributed by atoms with van der Waals surface area (Å²) in [6.07, 6.45) is 4.11. The fourth-order valence-corrected chi connectivity index (χ4v) is 2.90. The van der Waals surface area contributed by atoms with Gasteiger partial charge in [0.05, 0.1) is 6.54 Å². The predicted molar refractivity (Wildman–Crippen MR) is 91.9 cm³/mol. The van der Waals surface area contributed by atoms with Crippen molar-refractivity contribution in [2.24, 2.45) is 0 Å². The lowest BCUT2D eigenvalue weighted by Crippen LogP contribution is -2.29. The van der Waals surface area contributed by atoms with Crippen molar-refractivity contribution in [3.05, 3.63) is 36.3 Å². The van der Waals surface area contributed by atoms with Crippen molar-refractivity contribution in [3.8, 4) is 11.5 Å². The molecule has 0 bridgehead atoms. The number of nitrogens with zero attached hydrogens (tertiary/aromatic N) is 3. The zero-order valence-electron chi connectivity index (χ0n) is 13.7. The molecule has 8 heteroatoms. The van der Waals surface area contributed by atoms with Crippen molar-refractivity contribution in [2.45, 2.75) is 19.4 Å². The number of nitrogens with one attached hydrogen (secondary N) is 2. The van der Waals surface area contributed by atoms with Crippen molar-refractivity contribution < 1.29 is 14.3 Å². The molecule has 0 spiro atoms. The molecule has 2 aliphatic heterocycles. The van der Waals surface area contributed by atoms with Gasteiger partial charge in [0.15, 0.2) is 11.5 Å². The minimum atomic E-state index is -0.325. The van der Waals surface area contributed by atoms with E-state index < -0.39 is 0 Å². The number of carbonyl (C=O) groups is 1. The van der Waals surface area contributed by atoms with Crippen LogP contribution < -0.4 is 25.0 Å². The molecule has 0 radical (unpaired) electrons. The first-order valence-corrected chi connectivity index (χ1v) is 8.29. The van der Waals surface area contributed by atoms with E-state index in [-0.39, 0.29) is 19.4 Å². The second-order valence-corrected chi connectivity index (χ2v) is 5.90. The molecule has 1 fully saturated rings. The standard InChI is InChI=1S/C17H19N5O3/c23-17(20-12-3-4-13-14(9-12)25-11-24-13)19-10-15-18-6-5-16(21-15)22-7-1-2-8-22/h3-6,9H,1-2,7-8,10-11H2,(H2,19,20,23). The average molecular weight is 341 g/mol. The SMILES string of the molecule is O=C(NCc1nccc(N2CCCC2)n1)Nc1ccc2c(c1)OCO2. The van der Waals surface area contributed by atoms with E-state index in [1.165, 1.54) is 12.8 Å². The number of benzene rings is 1. The van der Waals surface area contributed by atoms with Gasteiger partial charge in [0.2, 0.25) is 6.79 Å². The van der Waals surface area contributed by atoms with E-state index in [0.29, 0.717) is 23.0 Å². The van der Waals surface area contributed by atoms with Gasteiger partial charge in [-0.05, 0) is 31.0 Å². The molecule has 0 aliphatic carbocycles. The summed E-state index contributed by atoms with van der Waals surface area (Å²) in [5.41, 5.74) is 0.633. The van der Waals surface area contributed by atoms with Crippen LogP contribution in [0.3, 0.4) is 0 Å². The quantitative estimate of drug-likeness (QED) is 0.886. The van der Waals surface area contributed by atoms with Crippen LogP contribution in [0.5, 0.6) is 11.5 Å². The molecular weight excluding hydrogens is 322 g/mol. The average Bonchev–Trinajstić information content (AvgIpc) is 3.31. The molecule has 2 aliphatic rings. The van der Waals surface area contributed by atoms with Crippen LogP contribution >= 0.6 is 0 Å². The summed E-state index contributed by atoms with van der Waals surface area (Å²) in [5.74, 6) is 2.81. The molecule has 25 heavy (non-hydrogen) atoms. The van der Waals surface area contributed by atoms with E-state index in [4.69, 9.17) is 9.47 Å². The fraction of sp³-hybridized carbons (Fsp3) is 0.353. The number of anilines is 2. The highest BCUT2D eigenvalue weighted by Gasteiger charge is 2.15. The van der Waals surface area contributed by atoms with Crippen LogP contribution in [0, 0.1) is 0 Å². The van der Waals surface area contributed by atoms with Gasteiger partial charge in [-0.15, -0.1) is 0 Å². The van der Waals surface area contributed by atoms with Gasteiger partial charge in [0.1, 0.15) is 11.6 Å². The van der Waals surface area contributed by atoms with Gasteiger partial charge in [0, 0.05) is 31.0 Å². The van der Waals surface area contributed by atoms with Gasteiger partial charge >= 0.3 is 6.03 Å². The number of carbonyl (C=O) groups excluding carboxylic acids is 1. The first-order valence-electron chi connectivity index (χ1n) is 8.29. The highest BCUT2D eigenvalue weighted by Crippen LogP contribution is 2.34. The number of ether oxygens (including phenoxy) is 2. The molecule has 4 rings (SSSR count). The van der Waals surface area contributed by atoms with E-state index in [9.17, 15) is 4.79 Å². The molecule has 1 saturated heterocycles. The van der Waals surface area contributed by atoms with Crippen LogP contribution in [-0.2, 0) is 6.54 Å². The predicted octanol–water partition coefficient (Wildman–Crippen LogP) is 2.13. The van der Waals surface area contributed by atoms with E-state index in [1.807, 2.05) is 6.07 Å². The number of hydrogen-bond donors (Lipinski definition) is 2. The largest absolute Gasteiger partial charge is 0.454 e. The molecular formula is C17H19N5O3. The van der Waals surface area contributed by atoms with Gasteiger partial charge in [0.25, 0.3) is 0 Å². The number of hydrogen-bond acceptors (Lipinski definition) is 6. The second kappa shape index (κ2) is 6.84. The van der Waals surface area contributed by atoms with Gasteiger partial charge in [-0.1, -0.05) is 0 Å². The number of urea groups is 1. The Balaban J connectivity index is 1.33. The van der Waals surface area contributed by atoms with Crippen LogP contribution in [0.2, 0.25) is 0 Å². The van der Waals surface area contributed by atoms with E-state index >= 15 is 0 Å². The van der Waals surface area contributed by atoms with Gasteiger partial charge in [-0.2, -0.15) is 0 Å². The third-order valence-electron chi connectivity index (χ3n) is 4.16. The third kappa shape index (κ3) is 3.57. The van der Waals surface area contributed by atoms with Crippen LogP contribution in [-0.4, -0.2) is 35.9 Å². The summed E-state index contributed by atoms with van der Waals surface area (Å²) in [5, 5.41) is 5.53. The summed E-state index contributed by atoms with van der Waals surface area (Å²) >= 11 is 0. The lowest BCUT2D eigenvalue weighted by Gasteiger charge is -2.16. The molecule has 2 amide bonds. The number of rotatable bonds is 4. The second-order valence-electron chi connectivity index (χ2n) is 5.90. The molecule has 0 saturated carbocycles. The Labute approximate surface area is 145 Å². The Morgan fingerprint density at radius 1 is 1.16 bits per heavy atom. The molecule has 3 heterocycles. The summed E-state index contributed by atoms with van der Waals surface area (Å²) in [4.78, 5) is 23.0. The Bertz CT molecular complexity index is 777. The van der Waals surface area contributed by atoms with Crippen molar-refractivity contribution in [3.63, 3.8) is 0 Å². The molecule has 8 nitrogen and oxygen atoms in total. The fourth-order valence-electron chi connectivity index (χ4n) is 2.90. The van der Waals surface area contributed by atoms with Gasteiger partial charge in [-0.25, -0.2) is 14.8 Å². The normalized spacial score (nSPS) is 15.3. The van der Waals surface area contributed by atoms with E-state index in [1.54, 1.807) is 24.4 Å². The Kier molecular flexibility index (Phi) is 4.24. The summed E-state index contributed by atoms with van der Waals surface area (Å²) in [6.45, 7) is 2.51. The lowest BCUT2D eigenvalue weighted by molar-refractivity contribution is 0.174. The lowest BCUT2D eigenvalue weighted by atomic mass is 10.3. The zero-order valence-corrected chi connectivity index (χ0v) is 13.7.